The predicted octanol–water partition coefficient (Wildman–Crippen LogP) is 2.86. The average molecular weight is 260 g/mol. The number of nitriles is 1. The average Bonchev–Trinajstić information content (AvgIpc) is 2.30. The third-order valence-electron chi connectivity index (χ3n) is 2.47. The van der Waals surface area contributed by atoms with Gasteiger partial charge in [0.25, 0.3) is 0 Å². The number of hydrogen-bond donors (Lipinski definition) is 1. The molecule has 2 nitrogen and oxygen atoms in total. The van der Waals surface area contributed by atoms with Crippen LogP contribution in [0.5, 0.6) is 0 Å². The van der Waals surface area contributed by atoms with Crippen LogP contribution in [0.3, 0.4) is 0 Å². The van der Waals surface area contributed by atoms with Crippen LogP contribution in [0.15, 0.2) is 18.2 Å². The van der Waals surface area contributed by atoms with Gasteiger partial charge in [0.1, 0.15) is 0 Å². The van der Waals surface area contributed by atoms with Crippen LogP contribution in [0.1, 0.15) is 16.7 Å². The fraction of sp³-hybridized carbons (Fsp3) is 0.417. The van der Waals surface area contributed by atoms with E-state index in [0.29, 0.717) is 11.1 Å². The first-order chi connectivity index (χ1) is 8.36. The lowest BCUT2D eigenvalue weighted by Gasteiger charge is -2.16. The van der Waals surface area contributed by atoms with Gasteiger partial charge in [-0.3, -0.25) is 0 Å². The second-order valence-corrected chi connectivity index (χ2v) is 3.92. The Hall–Kier alpha value is -1.61. The van der Waals surface area contributed by atoms with Crippen molar-refractivity contribution in [1.29, 1.82) is 5.26 Å². The molecule has 0 amide bonds. The van der Waals surface area contributed by atoms with Crippen molar-refractivity contribution in [2.45, 2.75) is 25.8 Å². The second-order valence-electron chi connectivity index (χ2n) is 3.92. The summed E-state index contributed by atoms with van der Waals surface area (Å²) in [4.78, 5) is 0. The van der Waals surface area contributed by atoms with Crippen molar-refractivity contribution in [3.8, 4) is 6.07 Å². The summed E-state index contributed by atoms with van der Waals surface area (Å²) in [6, 6.07) is 6.73. The second kappa shape index (κ2) is 5.83. The fourth-order valence-corrected chi connectivity index (χ4v) is 1.40. The molecule has 0 aromatic heterocycles. The number of nitrogens with one attached hydrogen (secondary N) is 1. The maximum absolute atomic E-state index is 12.6. The summed E-state index contributed by atoms with van der Waals surface area (Å²) in [5.41, 5.74) is 1.91. The number of rotatable bonds is 5. The zero-order valence-electron chi connectivity index (χ0n) is 9.68. The number of nitrogens with zero attached hydrogens (tertiary/aromatic N) is 1. The number of alkyl halides is 4. The molecule has 98 valence electrons. The van der Waals surface area contributed by atoms with E-state index in [-0.39, 0.29) is 6.54 Å². The van der Waals surface area contributed by atoms with E-state index in [9.17, 15) is 17.6 Å². The van der Waals surface area contributed by atoms with E-state index in [2.05, 4.69) is 5.32 Å². The molecular formula is C12H12F4N2. The number of aryl methyl sites for hydroxylation is 1. The molecule has 1 rings (SSSR count). The van der Waals surface area contributed by atoms with Crippen LogP contribution in [-0.4, -0.2) is 18.9 Å². The highest BCUT2D eigenvalue weighted by Crippen LogP contribution is 2.21. The molecule has 0 aliphatic rings. The van der Waals surface area contributed by atoms with Crippen molar-refractivity contribution in [3.63, 3.8) is 0 Å². The third kappa shape index (κ3) is 3.70. The Labute approximate surface area is 102 Å². The summed E-state index contributed by atoms with van der Waals surface area (Å²) in [5, 5.41) is 10.9. The molecule has 0 atom stereocenters. The van der Waals surface area contributed by atoms with Gasteiger partial charge in [-0.25, -0.2) is 8.78 Å². The molecule has 0 aliphatic carbocycles. The quantitative estimate of drug-likeness (QED) is 0.826. The minimum Gasteiger partial charge on any atom is -0.307 e. The highest BCUT2D eigenvalue weighted by atomic mass is 19.3. The Balaban J connectivity index is 2.58. The highest BCUT2D eigenvalue weighted by Gasteiger charge is 2.39. The molecule has 0 bridgehead atoms. The van der Waals surface area contributed by atoms with E-state index < -0.39 is 18.9 Å². The summed E-state index contributed by atoms with van der Waals surface area (Å²) in [6.07, 6.45) is -3.67. The number of halogens is 4. The molecule has 1 N–H and O–H groups in total. The molecule has 0 fully saturated rings. The van der Waals surface area contributed by atoms with Gasteiger partial charge in [-0.2, -0.15) is 14.0 Å². The maximum Gasteiger partial charge on any atom is 0.319 e. The Bertz CT molecular complexity index is 452. The summed E-state index contributed by atoms with van der Waals surface area (Å²) in [7, 11) is 0. The van der Waals surface area contributed by atoms with Crippen LogP contribution < -0.4 is 5.32 Å². The van der Waals surface area contributed by atoms with Gasteiger partial charge in [0.15, 0.2) is 0 Å². The molecule has 0 saturated carbocycles. The first kappa shape index (κ1) is 14.5. The predicted molar refractivity (Wildman–Crippen MR) is 58.6 cm³/mol. The maximum atomic E-state index is 12.6. The SMILES string of the molecule is Cc1cc(C#N)ccc1CNCC(F)(F)C(F)F. The van der Waals surface area contributed by atoms with Crippen molar-refractivity contribution in [1.82, 2.24) is 5.32 Å². The van der Waals surface area contributed by atoms with E-state index >= 15 is 0 Å². The number of benzene rings is 1. The van der Waals surface area contributed by atoms with Gasteiger partial charge in [-0.1, -0.05) is 6.07 Å². The van der Waals surface area contributed by atoms with Crippen molar-refractivity contribution >= 4 is 0 Å². The highest BCUT2D eigenvalue weighted by molar-refractivity contribution is 5.37. The Kier molecular flexibility index (Phi) is 4.68. The van der Waals surface area contributed by atoms with Crippen LogP contribution in [0.25, 0.3) is 0 Å². The normalized spacial score (nSPS) is 11.6. The van der Waals surface area contributed by atoms with Gasteiger partial charge < -0.3 is 5.32 Å². The molecule has 0 saturated heterocycles. The van der Waals surface area contributed by atoms with E-state index in [1.54, 1.807) is 25.1 Å². The lowest BCUT2D eigenvalue weighted by Crippen LogP contribution is -2.38. The molecule has 6 heteroatoms. The lowest BCUT2D eigenvalue weighted by atomic mass is 10.1. The van der Waals surface area contributed by atoms with Gasteiger partial charge in [0.2, 0.25) is 0 Å². The van der Waals surface area contributed by atoms with Gasteiger partial charge in [-0.15, -0.1) is 0 Å². The van der Waals surface area contributed by atoms with Crippen molar-refractivity contribution in [3.05, 3.63) is 34.9 Å². The van der Waals surface area contributed by atoms with Gasteiger partial charge in [0.05, 0.1) is 18.2 Å². The molecule has 0 radical (unpaired) electrons. The molecule has 0 heterocycles. The molecule has 0 spiro atoms. The first-order valence-electron chi connectivity index (χ1n) is 5.23. The van der Waals surface area contributed by atoms with Crippen LogP contribution in [0.4, 0.5) is 17.6 Å². The fourth-order valence-electron chi connectivity index (χ4n) is 1.40. The van der Waals surface area contributed by atoms with Gasteiger partial charge in [-0.05, 0) is 30.2 Å². The number of hydrogen-bond acceptors (Lipinski definition) is 2. The Morgan fingerprint density at radius 1 is 1.39 bits per heavy atom. The van der Waals surface area contributed by atoms with E-state index in [4.69, 9.17) is 5.26 Å². The molecule has 0 unspecified atom stereocenters. The zero-order chi connectivity index (χ0) is 13.8. The molecule has 18 heavy (non-hydrogen) atoms. The molecule has 1 aromatic carbocycles. The van der Waals surface area contributed by atoms with Crippen LogP contribution in [-0.2, 0) is 6.54 Å². The standard InChI is InChI=1S/C12H12F4N2/c1-8-4-9(5-17)2-3-10(8)6-18-7-12(15,16)11(13)14/h2-4,11,18H,6-7H2,1H3. The summed E-state index contributed by atoms with van der Waals surface area (Å²) in [6.45, 7) is 0.701. The molecular weight excluding hydrogens is 248 g/mol. The summed E-state index contributed by atoms with van der Waals surface area (Å²) < 4.78 is 49.0. The van der Waals surface area contributed by atoms with Gasteiger partial charge >= 0.3 is 12.3 Å². The lowest BCUT2D eigenvalue weighted by molar-refractivity contribution is -0.125. The zero-order valence-corrected chi connectivity index (χ0v) is 9.68. The van der Waals surface area contributed by atoms with Crippen LogP contribution in [0.2, 0.25) is 0 Å². The smallest absolute Gasteiger partial charge is 0.307 e. The van der Waals surface area contributed by atoms with E-state index in [1.165, 1.54) is 0 Å². The van der Waals surface area contributed by atoms with E-state index in [1.807, 2.05) is 6.07 Å². The molecule has 0 aliphatic heterocycles. The molecule has 1 aromatic rings. The minimum atomic E-state index is -4.03. The van der Waals surface area contributed by atoms with Crippen molar-refractivity contribution in [2.75, 3.05) is 6.54 Å². The first-order valence-corrected chi connectivity index (χ1v) is 5.23. The topological polar surface area (TPSA) is 35.8 Å². The van der Waals surface area contributed by atoms with Crippen LogP contribution in [0, 0.1) is 18.3 Å². The summed E-state index contributed by atoms with van der Waals surface area (Å²) >= 11 is 0. The largest absolute Gasteiger partial charge is 0.319 e. The third-order valence-corrected chi connectivity index (χ3v) is 2.47. The summed E-state index contributed by atoms with van der Waals surface area (Å²) in [5.74, 6) is -4.03. The Morgan fingerprint density at radius 3 is 2.56 bits per heavy atom. The van der Waals surface area contributed by atoms with Crippen molar-refractivity contribution in [2.24, 2.45) is 0 Å². The Morgan fingerprint density at radius 2 is 2.06 bits per heavy atom. The van der Waals surface area contributed by atoms with E-state index in [0.717, 1.165) is 5.56 Å². The minimum absolute atomic E-state index is 0.0554. The van der Waals surface area contributed by atoms with Crippen molar-refractivity contribution < 1.29 is 17.6 Å². The van der Waals surface area contributed by atoms with Gasteiger partial charge in [0, 0.05) is 6.54 Å². The monoisotopic (exact) mass is 260 g/mol. The van der Waals surface area contributed by atoms with Crippen LogP contribution >= 0.6 is 0 Å².